The number of aliphatic hydroxyl groups excluding tert-OH is 5. The standard InChI is InChI=1S/C41H66O11/c1-10-12-13-35(51-39(47)40(5,6)7)34(44)20-16-31(43)24-33-19-21-37(45)41(49-9,52-33)38(46)23-27(3)22-28(4)36(25-30(42)11-2)50-26-29-14-17-32(48-8)18-15-29/h2,14-15,17-18,22,28,30-31,33-38,42-46H,10,12-13,16,19-21,23-26H2,1,3-9H3/b27-22+/t28-,30+,31-,33+,34+,35+,36+,37+,38+,41?/m0/s1. The quantitative estimate of drug-likeness (QED) is 0.0603. The molecule has 2 rings (SSSR count). The Kier molecular flexibility index (Phi) is 19.3. The molecule has 0 bridgehead atoms. The van der Waals surface area contributed by atoms with E-state index in [4.69, 9.17) is 30.1 Å². The molecule has 1 heterocycles. The smallest absolute Gasteiger partial charge is 0.311 e. The highest BCUT2D eigenvalue weighted by Gasteiger charge is 2.51. The van der Waals surface area contributed by atoms with E-state index in [2.05, 4.69) is 5.92 Å². The first kappa shape index (κ1) is 45.6. The van der Waals surface area contributed by atoms with Crippen LogP contribution in [0.1, 0.15) is 111 Å². The van der Waals surface area contributed by atoms with Crippen molar-refractivity contribution in [2.45, 2.75) is 167 Å². The summed E-state index contributed by atoms with van der Waals surface area (Å²) in [6.45, 7) is 11.4. The molecular formula is C41H66O11. The molecule has 1 aromatic rings. The average molecular weight is 735 g/mol. The summed E-state index contributed by atoms with van der Waals surface area (Å²) in [7, 11) is 2.98. The van der Waals surface area contributed by atoms with E-state index in [0.29, 0.717) is 19.4 Å². The summed E-state index contributed by atoms with van der Waals surface area (Å²) in [4.78, 5) is 12.5. The number of esters is 1. The van der Waals surface area contributed by atoms with Gasteiger partial charge < -0.3 is 49.2 Å². The number of unbranched alkanes of at least 4 members (excludes halogenated alkanes) is 1. The van der Waals surface area contributed by atoms with E-state index in [1.165, 1.54) is 7.11 Å². The van der Waals surface area contributed by atoms with Crippen molar-refractivity contribution < 1.29 is 54.0 Å². The summed E-state index contributed by atoms with van der Waals surface area (Å²) in [6.07, 6.45) is 4.64. The molecule has 10 atom stereocenters. The topological polar surface area (TPSA) is 164 Å². The van der Waals surface area contributed by atoms with Gasteiger partial charge in [0.15, 0.2) is 0 Å². The second-order valence-electron chi connectivity index (χ2n) is 15.3. The molecule has 0 aliphatic carbocycles. The van der Waals surface area contributed by atoms with Crippen molar-refractivity contribution >= 4 is 5.97 Å². The second-order valence-corrected chi connectivity index (χ2v) is 15.3. The molecule has 1 unspecified atom stereocenters. The summed E-state index contributed by atoms with van der Waals surface area (Å²) in [6, 6.07) is 7.51. The fourth-order valence-corrected chi connectivity index (χ4v) is 6.47. The van der Waals surface area contributed by atoms with Gasteiger partial charge in [-0.15, -0.1) is 6.42 Å². The Morgan fingerprint density at radius 3 is 2.33 bits per heavy atom. The Balaban J connectivity index is 2.06. The highest BCUT2D eigenvalue weighted by atomic mass is 16.7. The van der Waals surface area contributed by atoms with Crippen LogP contribution in [0, 0.1) is 23.7 Å². The van der Waals surface area contributed by atoms with Gasteiger partial charge in [-0.25, -0.2) is 0 Å². The van der Waals surface area contributed by atoms with Crippen LogP contribution in [0.3, 0.4) is 0 Å². The summed E-state index contributed by atoms with van der Waals surface area (Å²) in [5.74, 6) is 0.793. The molecule has 1 fully saturated rings. The van der Waals surface area contributed by atoms with Crippen molar-refractivity contribution in [2.24, 2.45) is 11.3 Å². The van der Waals surface area contributed by atoms with Crippen LogP contribution in [-0.2, 0) is 30.3 Å². The van der Waals surface area contributed by atoms with Crippen LogP contribution in [0.4, 0.5) is 0 Å². The van der Waals surface area contributed by atoms with Crippen molar-refractivity contribution in [3.8, 4) is 18.1 Å². The lowest BCUT2D eigenvalue weighted by molar-refractivity contribution is -0.347. The zero-order valence-electron chi connectivity index (χ0n) is 32.6. The molecule has 0 radical (unpaired) electrons. The van der Waals surface area contributed by atoms with E-state index in [1.54, 1.807) is 27.9 Å². The number of hydrogen-bond acceptors (Lipinski definition) is 11. The molecule has 1 aliphatic heterocycles. The Labute approximate surface area is 311 Å². The molecule has 1 saturated heterocycles. The summed E-state index contributed by atoms with van der Waals surface area (Å²) in [5.41, 5.74) is 1.03. The third kappa shape index (κ3) is 14.4. The zero-order valence-corrected chi connectivity index (χ0v) is 32.6. The number of carbonyl (C=O) groups is 1. The van der Waals surface area contributed by atoms with Crippen molar-refractivity contribution in [1.82, 2.24) is 0 Å². The third-order valence-electron chi connectivity index (χ3n) is 9.75. The number of benzene rings is 1. The second kappa shape index (κ2) is 22.0. The minimum absolute atomic E-state index is 0.117. The normalized spacial score (nSPS) is 23.8. The van der Waals surface area contributed by atoms with E-state index in [9.17, 15) is 30.3 Å². The van der Waals surface area contributed by atoms with Crippen LogP contribution in [-0.4, -0.2) is 100 Å². The average Bonchev–Trinajstić information content (AvgIpc) is 3.10. The van der Waals surface area contributed by atoms with Gasteiger partial charge >= 0.3 is 5.97 Å². The lowest BCUT2D eigenvalue weighted by Crippen LogP contribution is -2.60. The Bertz CT molecular complexity index is 1250. The van der Waals surface area contributed by atoms with Gasteiger partial charge in [0.2, 0.25) is 5.79 Å². The predicted molar refractivity (Wildman–Crippen MR) is 199 cm³/mol. The molecule has 52 heavy (non-hydrogen) atoms. The molecule has 1 aliphatic rings. The minimum atomic E-state index is -1.73. The van der Waals surface area contributed by atoms with Gasteiger partial charge in [-0.2, -0.15) is 0 Å². The Morgan fingerprint density at radius 1 is 1.08 bits per heavy atom. The third-order valence-corrected chi connectivity index (χ3v) is 9.75. The summed E-state index contributed by atoms with van der Waals surface area (Å²) >= 11 is 0. The van der Waals surface area contributed by atoms with E-state index in [1.807, 2.05) is 51.1 Å². The molecule has 1 aromatic carbocycles. The molecule has 11 heteroatoms. The van der Waals surface area contributed by atoms with Crippen LogP contribution in [0.5, 0.6) is 5.75 Å². The molecule has 0 aromatic heterocycles. The molecule has 296 valence electrons. The minimum Gasteiger partial charge on any atom is -0.497 e. The van der Waals surface area contributed by atoms with Crippen LogP contribution in [0.2, 0.25) is 0 Å². The van der Waals surface area contributed by atoms with Crippen LogP contribution < -0.4 is 4.74 Å². The maximum Gasteiger partial charge on any atom is 0.311 e. The van der Waals surface area contributed by atoms with E-state index in [-0.39, 0.29) is 50.4 Å². The first-order valence-electron chi connectivity index (χ1n) is 18.7. The van der Waals surface area contributed by atoms with Gasteiger partial charge in [-0.05, 0) is 96.8 Å². The maximum absolute atomic E-state index is 12.5. The van der Waals surface area contributed by atoms with Gasteiger partial charge in [0.1, 0.15) is 30.2 Å². The number of aliphatic hydroxyl groups is 5. The van der Waals surface area contributed by atoms with Gasteiger partial charge in [0.05, 0.1) is 43.5 Å². The lowest BCUT2D eigenvalue weighted by atomic mass is 9.87. The number of methoxy groups -OCH3 is 2. The highest BCUT2D eigenvalue weighted by Crippen LogP contribution is 2.37. The molecule has 11 nitrogen and oxygen atoms in total. The van der Waals surface area contributed by atoms with Gasteiger partial charge in [-0.3, -0.25) is 4.79 Å². The first-order valence-corrected chi connectivity index (χ1v) is 18.7. The van der Waals surface area contributed by atoms with E-state index >= 15 is 0 Å². The predicted octanol–water partition coefficient (Wildman–Crippen LogP) is 5.22. The monoisotopic (exact) mass is 734 g/mol. The SMILES string of the molecule is C#C[C@@H](O)C[C@@H](OCc1ccc(OC)cc1)[C@@H](C)/C=C(\C)C[C@@H](O)C1(OC)O[C@@H](C[C@@H](O)CC[C@@H](O)[C@@H](CCCC)OC(=O)C(C)(C)C)CC[C@H]1O. The van der Waals surface area contributed by atoms with Crippen molar-refractivity contribution in [2.75, 3.05) is 14.2 Å². The Hall–Kier alpha value is -2.53. The number of terminal acetylenes is 1. The maximum atomic E-state index is 12.5. The molecule has 0 spiro atoms. The van der Waals surface area contributed by atoms with E-state index < -0.39 is 60.0 Å². The van der Waals surface area contributed by atoms with Gasteiger partial charge in [-0.1, -0.05) is 50.0 Å². The number of carbonyl (C=O) groups excluding carboxylic acids is 1. The Morgan fingerprint density at radius 2 is 1.75 bits per heavy atom. The molecule has 0 amide bonds. The van der Waals surface area contributed by atoms with Crippen LogP contribution in [0.25, 0.3) is 0 Å². The number of rotatable bonds is 22. The number of ether oxygens (including phenoxy) is 5. The van der Waals surface area contributed by atoms with Crippen molar-refractivity contribution in [3.63, 3.8) is 0 Å². The fraction of sp³-hybridized carbons (Fsp3) is 0.732. The van der Waals surface area contributed by atoms with Crippen LogP contribution >= 0.6 is 0 Å². The number of hydrogen-bond donors (Lipinski definition) is 5. The zero-order chi connectivity index (χ0) is 39.1. The van der Waals surface area contributed by atoms with Gasteiger partial charge in [0, 0.05) is 19.4 Å². The van der Waals surface area contributed by atoms with Gasteiger partial charge in [0.25, 0.3) is 0 Å². The fourth-order valence-electron chi connectivity index (χ4n) is 6.47. The van der Waals surface area contributed by atoms with Crippen molar-refractivity contribution in [3.05, 3.63) is 41.5 Å². The van der Waals surface area contributed by atoms with Crippen molar-refractivity contribution in [1.29, 1.82) is 0 Å². The summed E-state index contributed by atoms with van der Waals surface area (Å²) in [5, 5.41) is 54.7. The largest absolute Gasteiger partial charge is 0.497 e. The first-order chi connectivity index (χ1) is 24.5. The molecular weight excluding hydrogens is 668 g/mol. The lowest BCUT2D eigenvalue weighted by Gasteiger charge is -2.46. The molecule has 5 N–H and O–H groups in total. The molecule has 0 saturated carbocycles. The van der Waals surface area contributed by atoms with Crippen LogP contribution in [0.15, 0.2) is 35.9 Å². The highest BCUT2D eigenvalue weighted by molar-refractivity contribution is 5.75. The van der Waals surface area contributed by atoms with E-state index in [0.717, 1.165) is 29.7 Å². The summed E-state index contributed by atoms with van der Waals surface area (Å²) < 4.78 is 29.1.